The van der Waals surface area contributed by atoms with E-state index in [4.69, 9.17) is 9.47 Å². The number of nitrogens with zero attached hydrogens (tertiary/aromatic N) is 1. The Morgan fingerprint density at radius 2 is 2.20 bits per heavy atom. The van der Waals surface area contributed by atoms with E-state index in [2.05, 4.69) is 26.5 Å². The molecule has 5 nitrogen and oxygen atoms in total. The highest BCUT2D eigenvalue weighted by molar-refractivity contribution is 9.10. The molecule has 2 aromatic rings. The highest BCUT2D eigenvalue weighted by Crippen LogP contribution is 2.36. The number of carbonyl (C=O) groups is 1. The fourth-order valence-corrected chi connectivity index (χ4v) is 2.69. The van der Waals surface area contributed by atoms with Gasteiger partial charge in [-0.1, -0.05) is 6.07 Å². The number of ether oxygens (including phenoxy) is 2. The van der Waals surface area contributed by atoms with Crippen LogP contribution in [0, 0.1) is 0 Å². The summed E-state index contributed by atoms with van der Waals surface area (Å²) in [6, 6.07) is 7.17. The lowest BCUT2D eigenvalue weighted by Crippen LogP contribution is -2.16. The molecule has 2 heterocycles. The second-order valence-corrected chi connectivity index (χ2v) is 5.71. The maximum Gasteiger partial charge on any atom is 0.281 e. The first-order valence-corrected chi connectivity index (χ1v) is 7.37. The topological polar surface area (TPSA) is 59.9 Å². The van der Waals surface area contributed by atoms with E-state index in [1.165, 1.54) is 11.3 Å². The number of thiophene rings is 1. The van der Waals surface area contributed by atoms with Crippen molar-refractivity contribution in [2.24, 2.45) is 5.10 Å². The SMILES string of the molecule is O=C(N/N=C\c1cc2c(cc1Br)OCO2)c1cccs1. The van der Waals surface area contributed by atoms with Gasteiger partial charge in [0.1, 0.15) is 0 Å². The summed E-state index contributed by atoms with van der Waals surface area (Å²) in [7, 11) is 0. The van der Waals surface area contributed by atoms with Crippen LogP contribution >= 0.6 is 27.3 Å². The molecule has 0 bridgehead atoms. The minimum Gasteiger partial charge on any atom is -0.454 e. The van der Waals surface area contributed by atoms with Gasteiger partial charge >= 0.3 is 0 Å². The summed E-state index contributed by atoms with van der Waals surface area (Å²) in [5.74, 6) is 1.13. The molecule has 0 saturated heterocycles. The minimum absolute atomic E-state index is 0.220. The van der Waals surface area contributed by atoms with E-state index in [9.17, 15) is 4.79 Å². The van der Waals surface area contributed by atoms with Crippen molar-refractivity contribution in [1.29, 1.82) is 0 Å². The lowest BCUT2D eigenvalue weighted by Gasteiger charge is -2.01. The number of hydrazone groups is 1. The Bertz CT molecular complexity index is 671. The Morgan fingerprint density at radius 1 is 1.40 bits per heavy atom. The number of hydrogen-bond acceptors (Lipinski definition) is 5. The summed E-state index contributed by atoms with van der Waals surface area (Å²) in [6.45, 7) is 0.220. The van der Waals surface area contributed by atoms with Crippen LogP contribution in [-0.2, 0) is 0 Å². The van der Waals surface area contributed by atoms with Crippen LogP contribution in [0.25, 0.3) is 0 Å². The average Bonchev–Trinajstić information content (AvgIpc) is 3.08. The van der Waals surface area contributed by atoms with Crippen LogP contribution in [0.5, 0.6) is 11.5 Å². The molecule has 0 aliphatic carbocycles. The van der Waals surface area contributed by atoms with Gasteiger partial charge in [-0.3, -0.25) is 4.79 Å². The standard InChI is InChI=1S/C13H9BrN2O3S/c14-9-5-11-10(18-7-19-11)4-8(9)6-15-16-13(17)12-2-1-3-20-12/h1-6H,7H2,(H,16,17)/b15-6-. The first-order chi connectivity index (χ1) is 9.74. The molecular formula is C13H9BrN2O3S. The molecule has 1 amide bonds. The molecule has 20 heavy (non-hydrogen) atoms. The number of carbonyl (C=O) groups excluding carboxylic acids is 1. The first kappa shape index (κ1) is 13.1. The molecule has 1 aliphatic heterocycles. The molecule has 1 aromatic heterocycles. The zero-order valence-corrected chi connectivity index (χ0v) is 12.5. The lowest BCUT2D eigenvalue weighted by atomic mass is 10.2. The summed E-state index contributed by atoms with van der Waals surface area (Å²) in [5, 5.41) is 5.78. The predicted octanol–water partition coefficient (Wildman–Crippen LogP) is 3.00. The third-order valence-corrected chi connectivity index (χ3v) is 4.16. The highest BCUT2D eigenvalue weighted by atomic mass is 79.9. The molecule has 0 radical (unpaired) electrons. The number of halogens is 1. The molecule has 3 rings (SSSR count). The Balaban J connectivity index is 1.72. The molecule has 0 unspecified atom stereocenters. The van der Waals surface area contributed by atoms with Gasteiger partial charge in [-0.05, 0) is 39.5 Å². The molecule has 102 valence electrons. The second-order valence-electron chi connectivity index (χ2n) is 3.90. The van der Waals surface area contributed by atoms with Crippen LogP contribution in [0.1, 0.15) is 15.2 Å². The van der Waals surface area contributed by atoms with Gasteiger partial charge in [0.15, 0.2) is 11.5 Å². The second kappa shape index (κ2) is 5.64. The average molecular weight is 353 g/mol. The number of benzene rings is 1. The van der Waals surface area contributed by atoms with Crippen LogP contribution in [0.2, 0.25) is 0 Å². The van der Waals surface area contributed by atoms with Gasteiger partial charge in [0, 0.05) is 10.0 Å². The molecule has 0 atom stereocenters. The van der Waals surface area contributed by atoms with E-state index in [1.807, 2.05) is 17.5 Å². The summed E-state index contributed by atoms with van der Waals surface area (Å²) < 4.78 is 11.4. The van der Waals surface area contributed by atoms with Crippen molar-refractivity contribution < 1.29 is 14.3 Å². The summed E-state index contributed by atoms with van der Waals surface area (Å²) in [4.78, 5) is 12.3. The highest BCUT2D eigenvalue weighted by Gasteiger charge is 2.15. The van der Waals surface area contributed by atoms with Gasteiger partial charge in [0.25, 0.3) is 5.91 Å². The largest absolute Gasteiger partial charge is 0.454 e. The van der Waals surface area contributed by atoms with Crippen LogP contribution in [0.15, 0.2) is 39.2 Å². The summed E-state index contributed by atoms with van der Waals surface area (Å²) >= 11 is 4.78. The molecule has 1 aliphatic rings. The lowest BCUT2D eigenvalue weighted by molar-refractivity contribution is 0.0959. The van der Waals surface area contributed by atoms with Gasteiger partial charge in [-0.25, -0.2) is 5.43 Å². The van der Waals surface area contributed by atoms with Crippen molar-refractivity contribution >= 4 is 39.4 Å². The van der Waals surface area contributed by atoms with E-state index in [0.29, 0.717) is 16.4 Å². The number of fused-ring (bicyclic) bond motifs is 1. The zero-order chi connectivity index (χ0) is 13.9. The number of amides is 1. The summed E-state index contributed by atoms with van der Waals surface area (Å²) in [5.41, 5.74) is 3.27. The molecule has 7 heteroatoms. The predicted molar refractivity (Wildman–Crippen MR) is 79.6 cm³/mol. The zero-order valence-electron chi connectivity index (χ0n) is 10.1. The van der Waals surface area contributed by atoms with E-state index < -0.39 is 0 Å². The smallest absolute Gasteiger partial charge is 0.281 e. The normalized spacial score (nSPS) is 12.8. The van der Waals surface area contributed by atoms with E-state index >= 15 is 0 Å². The van der Waals surface area contributed by atoms with Crippen LogP contribution in [0.3, 0.4) is 0 Å². The van der Waals surface area contributed by atoms with Gasteiger partial charge < -0.3 is 9.47 Å². The van der Waals surface area contributed by atoms with Crippen LogP contribution in [-0.4, -0.2) is 18.9 Å². The van der Waals surface area contributed by atoms with Crippen molar-refractivity contribution in [3.05, 3.63) is 44.6 Å². The number of hydrogen-bond donors (Lipinski definition) is 1. The van der Waals surface area contributed by atoms with Crippen molar-refractivity contribution in [1.82, 2.24) is 5.43 Å². The van der Waals surface area contributed by atoms with Crippen molar-refractivity contribution in [2.45, 2.75) is 0 Å². The van der Waals surface area contributed by atoms with Gasteiger partial charge in [0.05, 0.1) is 11.1 Å². The number of nitrogens with one attached hydrogen (secondary N) is 1. The molecule has 1 N–H and O–H groups in total. The Kier molecular flexibility index (Phi) is 3.70. The van der Waals surface area contributed by atoms with E-state index in [1.54, 1.807) is 18.3 Å². The maximum absolute atomic E-state index is 11.7. The van der Waals surface area contributed by atoms with Gasteiger partial charge in [-0.2, -0.15) is 5.10 Å². The van der Waals surface area contributed by atoms with E-state index in [0.717, 1.165) is 10.0 Å². The monoisotopic (exact) mass is 352 g/mol. The molecule has 0 fully saturated rings. The summed E-state index contributed by atoms with van der Waals surface area (Å²) in [6.07, 6.45) is 1.55. The van der Waals surface area contributed by atoms with Gasteiger partial charge in [-0.15, -0.1) is 11.3 Å². The molecule has 1 aromatic carbocycles. The van der Waals surface area contributed by atoms with Crippen LogP contribution in [0.4, 0.5) is 0 Å². The van der Waals surface area contributed by atoms with Gasteiger partial charge in [0.2, 0.25) is 6.79 Å². The molecule has 0 saturated carbocycles. The van der Waals surface area contributed by atoms with Crippen LogP contribution < -0.4 is 14.9 Å². The third-order valence-electron chi connectivity index (χ3n) is 2.61. The van der Waals surface area contributed by atoms with Crippen molar-refractivity contribution in [3.63, 3.8) is 0 Å². The quantitative estimate of drug-likeness (QED) is 0.682. The van der Waals surface area contributed by atoms with Crippen molar-refractivity contribution in [2.75, 3.05) is 6.79 Å². The maximum atomic E-state index is 11.7. The molecular weight excluding hydrogens is 344 g/mol. The van der Waals surface area contributed by atoms with Crippen molar-refractivity contribution in [3.8, 4) is 11.5 Å². The molecule has 0 spiro atoms. The minimum atomic E-state index is -0.229. The Labute approximate surface area is 127 Å². The third kappa shape index (κ3) is 2.68. The fraction of sp³-hybridized carbons (Fsp3) is 0.0769. The number of rotatable bonds is 3. The fourth-order valence-electron chi connectivity index (χ4n) is 1.66. The Hall–Kier alpha value is -1.86. The van der Waals surface area contributed by atoms with E-state index in [-0.39, 0.29) is 12.7 Å². The first-order valence-electron chi connectivity index (χ1n) is 5.70. The Morgan fingerprint density at radius 3 is 2.95 bits per heavy atom.